The maximum Gasteiger partial charge on any atom is 0.0983 e. The summed E-state index contributed by atoms with van der Waals surface area (Å²) in [6.45, 7) is 13.8. The van der Waals surface area contributed by atoms with E-state index in [4.69, 9.17) is 0 Å². The van der Waals surface area contributed by atoms with Gasteiger partial charge < -0.3 is 0 Å². The summed E-state index contributed by atoms with van der Waals surface area (Å²) in [7, 11) is 0.789. The third-order valence-electron chi connectivity index (χ3n) is 6.04. The first-order chi connectivity index (χ1) is 11.7. The maximum absolute atomic E-state index is 2.58. The van der Waals surface area contributed by atoms with Crippen molar-refractivity contribution in [2.45, 2.75) is 59.4 Å². The fraction of sp³-hybridized carbons (Fsp3) is 0.417. The Morgan fingerprint density at radius 2 is 1.80 bits per heavy atom. The predicted molar refractivity (Wildman–Crippen MR) is 112 cm³/mol. The smallest absolute Gasteiger partial charge is 0.0837 e. The van der Waals surface area contributed by atoms with E-state index in [1.807, 2.05) is 0 Å². The van der Waals surface area contributed by atoms with Crippen molar-refractivity contribution in [1.29, 1.82) is 0 Å². The fourth-order valence-electron chi connectivity index (χ4n) is 4.31. The van der Waals surface area contributed by atoms with E-state index in [0.717, 1.165) is 15.9 Å². The number of rotatable bonds is 4. The molecule has 2 unspecified atom stereocenters. The molecule has 2 aliphatic rings. The summed E-state index contributed by atoms with van der Waals surface area (Å²) in [5, 5.41) is 1.68. The van der Waals surface area contributed by atoms with Crippen molar-refractivity contribution >= 4 is 14.7 Å². The molecule has 1 aromatic carbocycles. The lowest BCUT2D eigenvalue weighted by Gasteiger charge is -2.39. The van der Waals surface area contributed by atoms with E-state index in [-0.39, 0.29) is 10.5 Å². The van der Waals surface area contributed by atoms with E-state index < -0.39 is 0 Å². The Morgan fingerprint density at radius 3 is 2.36 bits per heavy atom. The lowest BCUT2D eigenvalue weighted by atomic mass is 9.74. The van der Waals surface area contributed by atoms with Gasteiger partial charge in [-0.3, -0.25) is 0 Å². The number of aryl methyl sites for hydroxylation is 2. The summed E-state index contributed by atoms with van der Waals surface area (Å²) in [4.78, 5) is 0. The Morgan fingerprint density at radius 1 is 1.04 bits per heavy atom. The van der Waals surface area contributed by atoms with E-state index in [1.165, 1.54) is 33.9 Å². The van der Waals surface area contributed by atoms with Crippen LogP contribution in [0.15, 0.2) is 65.3 Å². The molecule has 0 saturated heterocycles. The highest BCUT2D eigenvalue weighted by molar-refractivity contribution is 6.59. The molecule has 0 N–H and O–H groups in total. The van der Waals surface area contributed by atoms with Crippen LogP contribution in [0.25, 0.3) is 0 Å². The average Bonchev–Trinajstić information content (AvgIpc) is 2.75. The number of hydrogen-bond donors (Lipinski definition) is 0. The molecule has 25 heavy (non-hydrogen) atoms. The van der Waals surface area contributed by atoms with E-state index >= 15 is 0 Å². The van der Waals surface area contributed by atoms with E-state index in [2.05, 4.69) is 90.1 Å². The highest BCUT2D eigenvalue weighted by Gasteiger charge is 2.41. The van der Waals surface area contributed by atoms with Crippen LogP contribution in [-0.2, 0) is 0 Å². The van der Waals surface area contributed by atoms with Gasteiger partial charge in [0.15, 0.2) is 0 Å². The second-order valence-electron chi connectivity index (χ2n) is 8.31. The van der Waals surface area contributed by atoms with Crippen LogP contribution in [0.1, 0.15) is 51.7 Å². The van der Waals surface area contributed by atoms with Crippen molar-refractivity contribution in [3.8, 4) is 0 Å². The van der Waals surface area contributed by atoms with Gasteiger partial charge in [0.1, 0.15) is 0 Å². The number of hydrogen-bond acceptors (Lipinski definition) is 0. The van der Waals surface area contributed by atoms with Crippen LogP contribution in [0, 0.1) is 19.3 Å². The van der Waals surface area contributed by atoms with Gasteiger partial charge in [0, 0.05) is 5.04 Å². The molecule has 0 bridgehead atoms. The first kappa shape index (κ1) is 18.2. The molecule has 2 radical (unpaired) electrons. The minimum absolute atomic E-state index is 0.165. The summed E-state index contributed by atoms with van der Waals surface area (Å²) in [6.07, 6.45) is 14.1. The summed E-state index contributed by atoms with van der Waals surface area (Å²) in [5.74, 6) is 0. The van der Waals surface area contributed by atoms with Crippen LogP contribution >= 0.6 is 0 Å². The monoisotopic (exact) mass is 346 g/mol. The Bertz CT molecular complexity index is 805. The van der Waals surface area contributed by atoms with Crippen molar-refractivity contribution in [3.63, 3.8) is 0 Å². The molecule has 0 spiro atoms. The molecule has 0 saturated carbocycles. The number of allylic oxidation sites excluding steroid dienone is 8. The zero-order valence-electron chi connectivity index (χ0n) is 16.5. The third kappa shape index (κ3) is 3.53. The third-order valence-corrected chi connectivity index (χ3v) is 8.01. The van der Waals surface area contributed by atoms with E-state index in [9.17, 15) is 0 Å². The highest BCUT2D eigenvalue weighted by Crippen LogP contribution is 2.54. The Labute approximate surface area is 156 Å². The first-order valence-corrected chi connectivity index (χ1v) is 10.3. The van der Waals surface area contributed by atoms with Crippen LogP contribution < -0.4 is 5.19 Å². The lowest BCUT2D eigenvalue weighted by molar-refractivity contribution is 0.367. The van der Waals surface area contributed by atoms with Gasteiger partial charge in [-0.2, -0.15) is 0 Å². The predicted octanol–water partition coefficient (Wildman–Crippen LogP) is 6.00. The summed E-state index contributed by atoms with van der Waals surface area (Å²) in [6, 6.07) is 6.96. The van der Waals surface area contributed by atoms with Crippen LogP contribution in [0.4, 0.5) is 0 Å². The minimum atomic E-state index is 0.165. The summed E-state index contributed by atoms with van der Waals surface area (Å²) >= 11 is 0. The van der Waals surface area contributed by atoms with Gasteiger partial charge in [-0.25, -0.2) is 0 Å². The Kier molecular flexibility index (Phi) is 4.81. The molecule has 0 heterocycles. The summed E-state index contributed by atoms with van der Waals surface area (Å²) < 4.78 is 0. The molecule has 2 atom stereocenters. The average molecular weight is 347 g/mol. The van der Waals surface area contributed by atoms with Crippen molar-refractivity contribution in [3.05, 3.63) is 76.4 Å². The van der Waals surface area contributed by atoms with Gasteiger partial charge in [-0.15, -0.1) is 0 Å². The quantitative estimate of drug-likeness (QED) is 0.586. The molecule has 0 amide bonds. The highest BCUT2D eigenvalue weighted by atomic mass is 28.2. The molecule has 1 aromatic rings. The molecule has 0 aliphatic heterocycles. The SMILES string of the molecule is CC1=CC(CC2(C)C=CC=CC2)([Si]c2ccc(C)cc2C)C(C)=C1C. The molecule has 0 nitrogen and oxygen atoms in total. The molecule has 130 valence electrons. The Hall–Kier alpha value is -1.60. The van der Waals surface area contributed by atoms with Gasteiger partial charge in [-0.1, -0.05) is 83.0 Å². The molecular weight excluding hydrogens is 316 g/mol. The summed E-state index contributed by atoms with van der Waals surface area (Å²) in [5.41, 5.74) is 7.57. The molecule has 1 heteroatoms. The lowest BCUT2D eigenvalue weighted by Crippen LogP contribution is -2.35. The largest absolute Gasteiger partial charge is 0.0983 e. The fourth-order valence-corrected chi connectivity index (χ4v) is 6.38. The molecular formula is C24H30Si. The van der Waals surface area contributed by atoms with Gasteiger partial charge in [0.05, 0.1) is 9.52 Å². The van der Waals surface area contributed by atoms with Crippen molar-refractivity contribution in [1.82, 2.24) is 0 Å². The standard InChI is InChI=1S/C24H30Si/c1-17-10-11-22(18(2)14-17)25-24(15-19(3)20(4)21(24)5)16-23(6)12-8-7-9-13-23/h7-12,14-15H,13,16H2,1-6H3. The van der Waals surface area contributed by atoms with Crippen LogP contribution in [0.5, 0.6) is 0 Å². The number of benzene rings is 1. The van der Waals surface area contributed by atoms with Crippen LogP contribution in [0.2, 0.25) is 5.04 Å². The molecule has 0 fully saturated rings. The minimum Gasteiger partial charge on any atom is -0.0837 e. The van der Waals surface area contributed by atoms with Gasteiger partial charge in [0.2, 0.25) is 0 Å². The second-order valence-corrected chi connectivity index (χ2v) is 10.00. The Balaban J connectivity index is 2.02. The van der Waals surface area contributed by atoms with Gasteiger partial charge in [0.25, 0.3) is 0 Å². The van der Waals surface area contributed by atoms with Crippen molar-refractivity contribution < 1.29 is 0 Å². The van der Waals surface area contributed by atoms with Crippen LogP contribution in [0.3, 0.4) is 0 Å². The van der Waals surface area contributed by atoms with Gasteiger partial charge >= 0.3 is 0 Å². The van der Waals surface area contributed by atoms with E-state index in [0.29, 0.717) is 0 Å². The van der Waals surface area contributed by atoms with E-state index in [1.54, 1.807) is 5.57 Å². The second kappa shape index (κ2) is 6.61. The zero-order valence-corrected chi connectivity index (χ0v) is 17.5. The van der Waals surface area contributed by atoms with Gasteiger partial charge in [-0.05, 0) is 58.4 Å². The maximum atomic E-state index is 2.58. The van der Waals surface area contributed by atoms with Crippen molar-refractivity contribution in [2.24, 2.45) is 5.41 Å². The zero-order chi connectivity index (χ0) is 18.2. The molecule has 2 aliphatic carbocycles. The topological polar surface area (TPSA) is 0 Å². The first-order valence-electron chi connectivity index (χ1n) is 9.32. The van der Waals surface area contributed by atoms with Crippen LogP contribution in [-0.4, -0.2) is 9.52 Å². The molecule has 0 aromatic heterocycles. The van der Waals surface area contributed by atoms with Crippen molar-refractivity contribution in [2.75, 3.05) is 0 Å². The molecule has 3 rings (SSSR count). The normalized spacial score (nSPS) is 28.6.